The van der Waals surface area contributed by atoms with Gasteiger partial charge < -0.3 is 15.1 Å². The third-order valence-corrected chi connectivity index (χ3v) is 8.80. The molecule has 1 aromatic carbocycles. The molecule has 0 bridgehead atoms. The third kappa shape index (κ3) is 6.55. The Morgan fingerprint density at radius 1 is 1.21 bits per heavy atom. The molecule has 3 aliphatic rings. The second-order valence-corrected chi connectivity index (χ2v) is 11.3. The predicted octanol–water partition coefficient (Wildman–Crippen LogP) is 4.95. The maximum Gasteiger partial charge on any atom is 0.261 e. The minimum atomic E-state index is -0.0478. The van der Waals surface area contributed by atoms with Crippen molar-refractivity contribution in [2.24, 2.45) is 0 Å². The van der Waals surface area contributed by atoms with Gasteiger partial charge in [-0.3, -0.25) is 9.59 Å². The van der Waals surface area contributed by atoms with Crippen molar-refractivity contribution in [3.63, 3.8) is 0 Å². The van der Waals surface area contributed by atoms with E-state index in [0.29, 0.717) is 27.8 Å². The quantitative estimate of drug-likeness (QED) is 0.435. The molecule has 3 atom stereocenters. The third-order valence-electron chi connectivity index (χ3n) is 7.16. The molecule has 1 saturated carbocycles. The lowest BCUT2D eigenvalue weighted by Gasteiger charge is -2.43. The van der Waals surface area contributed by atoms with Crippen molar-refractivity contribution in [3.05, 3.63) is 39.8 Å². The van der Waals surface area contributed by atoms with Crippen LogP contribution in [0.1, 0.15) is 63.9 Å². The zero-order valence-electron chi connectivity index (χ0n) is 19.6. The first kappa shape index (κ1) is 24.6. The molecule has 3 fully saturated rings. The number of halogens is 1. The molecule has 0 aromatic heterocycles. The van der Waals surface area contributed by atoms with Crippen LogP contribution < -0.4 is 5.32 Å². The van der Waals surface area contributed by atoms with Gasteiger partial charge >= 0.3 is 0 Å². The summed E-state index contributed by atoms with van der Waals surface area (Å²) in [6, 6.07) is 8.35. The number of rotatable bonds is 7. The Kier molecular flexibility index (Phi) is 8.78. The number of likely N-dealkylation sites (tertiary alicyclic amines) is 1. The maximum absolute atomic E-state index is 13.4. The van der Waals surface area contributed by atoms with Crippen LogP contribution in [0.2, 0.25) is 5.02 Å². The molecule has 0 radical (unpaired) electrons. The Labute approximate surface area is 207 Å². The van der Waals surface area contributed by atoms with Crippen molar-refractivity contribution in [1.29, 1.82) is 0 Å². The molecular formula is C26H36ClN3O2S. The van der Waals surface area contributed by atoms with E-state index in [4.69, 9.17) is 11.6 Å². The molecule has 1 aliphatic carbocycles. The second-order valence-electron chi connectivity index (χ2n) is 9.59. The number of carbonyl (C=O) groups excluding carboxylic acids is 2. The van der Waals surface area contributed by atoms with E-state index in [-0.39, 0.29) is 24.4 Å². The Bertz CT molecular complexity index is 877. The number of carbonyl (C=O) groups is 2. The van der Waals surface area contributed by atoms with Crippen LogP contribution in [0, 0.1) is 0 Å². The number of thioether (sulfide) groups is 1. The summed E-state index contributed by atoms with van der Waals surface area (Å²) >= 11 is 7.82. The summed E-state index contributed by atoms with van der Waals surface area (Å²) < 4.78 is 0. The van der Waals surface area contributed by atoms with E-state index in [1.807, 2.05) is 35.2 Å². The Morgan fingerprint density at radius 3 is 2.85 bits per heavy atom. The topological polar surface area (TPSA) is 52.7 Å². The molecule has 1 aromatic rings. The van der Waals surface area contributed by atoms with E-state index in [0.717, 1.165) is 37.8 Å². The van der Waals surface area contributed by atoms with Crippen LogP contribution in [0.5, 0.6) is 0 Å². The van der Waals surface area contributed by atoms with Crippen molar-refractivity contribution in [3.8, 4) is 0 Å². The average molecular weight is 490 g/mol. The van der Waals surface area contributed by atoms with Gasteiger partial charge in [-0.2, -0.15) is 0 Å². The van der Waals surface area contributed by atoms with E-state index in [2.05, 4.69) is 17.1 Å². The molecule has 2 heterocycles. The lowest BCUT2D eigenvalue weighted by atomic mass is 9.93. The molecule has 3 unspecified atom stereocenters. The van der Waals surface area contributed by atoms with Crippen LogP contribution in [0.4, 0.5) is 0 Å². The fraction of sp³-hybridized carbons (Fsp3) is 0.615. The van der Waals surface area contributed by atoms with E-state index >= 15 is 0 Å². The van der Waals surface area contributed by atoms with Gasteiger partial charge in [0.15, 0.2) is 0 Å². The Hall–Kier alpha value is -1.50. The Morgan fingerprint density at radius 2 is 2.03 bits per heavy atom. The summed E-state index contributed by atoms with van der Waals surface area (Å²) in [5.74, 6) is -0.0752. The van der Waals surface area contributed by atoms with E-state index in [9.17, 15) is 9.59 Å². The van der Waals surface area contributed by atoms with Crippen molar-refractivity contribution in [2.75, 3.05) is 26.2 Å². The Balaban J connectivity index is 1.35. The standard InChI is InChI=1S/C26H36ClN3O2S/c1-19-8-4-5-14-29(19)15-7-13-28-25(31)18-30-22-11-2-3-12-23(22)33-24(26(30)32)17-20-9-6-10-21(27)16-20/h6,9-10,16-17,19,22-23H,2-5,7-8,11-15,18H2,1H3,(H,28,31)/b24-17+. The summed E-state index contributed by atoms with van der Waals surface area (Å²) in [6.07, 6.45) is 11.1. The molecule has 180 valence electrons. The fourth-order valence-electron chi connectivity index (χ4n) is 5.32. The largest absolute Gasteiger partial charge is 0.355 e. The monoisotopic (exact) mass is 489 g/mol. The molecular weight excluding hydrogens is 454 g/mol. The number of piperidine rings is 1. The van der Waals surface area contributed by atoms with Crippen LogP contribution in [0.15, 0.2) is 29.2 Å². The number of hydrogen-bond acceptors (Lipinski definition) is 4. The number of nitrogens with one attached hydrogen (secondary N) is 1. The number of nitrogens with zero attached hydrogens (tertiary/aromatic N) is 2. The van der Waals surface area contributed by atoms with Crippen LogP contribution in [0.3, 0.4) is 0 Å². The van der Waals surface area contributed by atoms with Crippen molar-refractivity contribution in [1.82, 2.24) is 15.1 Å². The lowest BCUT2D eigenvalue weighted by molar-refractivity contribution is -0.135. The molecule has 5 nitrogen and oxygen atoms in total. The van der Waals surface area contributed by atoms with Crippen LogP contribution >= 0.6 is 23.4 Å². The highest BCUT2D eigenvalue weighted by Gasteiger charge is 2.41. The summed E-state index contributed by atoms with van der Waals surface area (Å²) in [4.78, 5) is 31.3. The molecule has 33 heavy (non-hydrogen) atoms. The second kappa shape index (κ2) is 11.8. The highest BCUT2D eigenvalue weighted by Crippen LogP contribution is 2.42. The predicted molar refractivity (Wildman–Crippen MR) is 137 cm³/mol. The van der Waals surface area contributed by atoms with E-state index in [1.54, 1.807) is 11.8 Å². The fourth-order valence-corrected chi connectivity index (χ4v) is 6.99. The molecule has 1 N–H and O–H groups in total. The number of benzene rings is 1. The zero-order chi connectivity index (χ0) is 23.2. The molecule has 2 saturated heterocycles. The van der Waals surface area contributed by atoms with Gasteiger partial charge in [-0.25, -0.2) is 0 Å². The van der Waals surface area contributed by atoms with Crippen molar-refractivity contribution in [2.45, 2.75) is 75.6 Å². The summed E-state index contributed by atoms with van der Waals surface area (Å²) in [5.41, 5.74) is 0.920. The molecule has 4 rings (SSSR count). The average Bonchev–Trinajstić information content (AvgIpc) is 2.80. The van der Waals surface area contributed by atoms with Crippen molar-refractivity contribution < 1.29 is 9.59 Å². The smallest absolute Gasteiger partial charge is 0.261 e. The SMILES string of the molecule is CC1CCCCN1CCCNC(=O)CN1C(=O)/C(=C\c2cccc(Cl)c2)SC2CCCCC21. The highest BCUT2D eigenvalue weighted by atomic mass is 35.5. The summed E-state index contributed by atoms with van der Waals surface area (Å²) in [6.45, 7) is 5.30. The first-order valence-corrected chi connectivity index (χ1v) is 13.7. The highest BCUT2D eigenvalue weighted by molar-refractivity contribution is 8.04. The first-order valence-electron chi connectivity index (χ1n) is 12.5. The number of hydrogen-bond donors (Lipinski definition) is 1. The first-order chi connectivity index (χ1) is 16.0. The minimum Gasteiger partial charge on any atom is -0.355 e. The minimum absolute atomic E-state index is 0.0274. The molecule has 0 spiro atoms. The normalized spacial score (nSPS) is 27.5. The molecule has 2 aliphatic heterocycles. The van der Waals surface area contributed by atoms with Crippen molar-refractivity contribution >= 4 is 41.3 Å². The number of amides is 2. The van der Waals surface area contributed by atoms with Crippen LogP contribution in [-0.4, -0.2) is 65.1 Å². The zero-order valence-corrected chi connectivity index (χ0v) is 21.2. The van der Waals surface area contributed by atoms with Crippen LogP contribution in [0.25, 0.3) is 6.08 Å². The molecule has 7 heteroatoms. The summed E-state index contributed by atoms with van der Waals surface area (Å²) in [7, 11) is 0. The van der Waals surface area contributed by atoms with Gasteiger partial charge in [0, 0.05) is 35.4 Å². The lowest BCUT2D eigenvalue weighted by Crippen LogP contribution is -2.54. The number of fused-ring (bicyclic) bond motifs is 1. The van der Waals surface area contributed by atoms with Gasteiger partial charge in [0.05, 0.1) is 4.91 Å². The van der Waals surface area contributed by atoms with Crippen LogP contribution in [-0.2, 0) is 9.59 Å². The molecule has 2 amide bonds. The summed E-state index contributed by atoms with van der Waals surface area (Å²) in [5, 5.41) is 4.08. The van der Waals surface area contributed by atoms with Gasteiger partial charge in [-0.15, -0.1) is 11.8 Å². The van der Waals surface area contributed by atoms with Gasteiger partial charge in [0.1, 0.15) is 6.54 Å². The van der Waals surface area contributed by atoms with E-state index < -0.39 is 0 Å². The van der Waals surface area contributed by atoms with E-state index in [1.165, 1.54) is 32.2 Å². The van der Waals surface area contributed by atoms with Gasteiger partial charge in [-0.1, -0.05) is 43.0 Å². The maximum atomic E-state index is 13.4. The van der Waals surface area contributed by atoms with Gasteiger partial charge in [0.25, 0.3) is 5.91 Å². The van der Waals surface area contributed by atoms with Gasteiger partial charge in [0.2, 0.25) is 5.91 Å². The van der Waals surface area contributed by atoms with Gasteiger partial charge in [-0.05, 0) is 69.3 Å².